The Labute approximate surface area is 141 Å². The van der Waals surface area contributed by atoms with Crippen molar-refractivity contribution in [2.45, 2.75) is 38.6 Å². The summed E-state index contributed by atoms with van der Waals surface area (Å²) in [7, 11) is 0. The number of carbonyl (C=O) groups excluding carboxylic acids is 1. The molecule has 1 saturated carbocycles. The molecule has 3 rings (SSSR count). The van der Waals surface area contributed by atoms with Gasteiger partial charge in [-0.05, 0) is 50.8 Å². The van der Waals surface area contributed by atoms with Gasteiger partial charge in [-0.15, -0.1) is 0 Å². The molecule has 1 heterocycles. The zero-order valence-corrected chi connectivity index (χ0v) is 13.9. The van der Waals surface area contributed by atoms with Gasteiger partial charge in [0.25, 0.3) is 0 Å². The summed E-state index contributed by atoms with van der Waals surface area (Å²) in [6, 6.07) is 7.74. The smallest absolute Gasteiger partial charge is 0.322 e. The molecule has 0 saturated heterocycles. The van der Waals surface area contributed by atoms with Crippen molar-refractivity contribution in [1.29, 1.82) is 0 Å². The molecule has 1 aromatic carbocycles. The lowest BCUT2D eigenvalue weighted by molar-refractivity contribution is 0.204. The van der Waals surface area contributed by atoms with Gasteiger partial charge in [0, 0.05) is 30.4 Å². The molecule has 1 aliphatic rings. The van der Waals surface area contributed by atoms with E-state index in [4.69, 9.17) is 9.52 Å². The zero-order chi connectivity index (χ0) is 16.9. The van der Waals surface area contributed by atoms with Crippen LogP contribution in [0, 0.1) is 6.92 Å². The number of nitrogens with one attached hydrogen (secondary N) is 1. The van der Waals surface area contributed by atoms with Gasteiger partial charge in [-0.1, -0.05) is 6.07 Å². The van der Waals surface area contributed by atoms with Crippen LogP contribution in [0.15, 0.2) is 34.9 Å². The van der Waals surface area contributed by atoms with Crippen molar-refractivity contribution in [2.24, 2.45) is 0 Å². The molecule has 24 heavy (non-hydrogen) atoms. The number of carbonyl (C=O) groups is 1. The van der Waals surface area contributed by atoms with Gasteiger partial charge in [0.15, 0.2) is 0 Å². The SMILES string of the molecule is Cc1cnc(-c2cccc(NC(=O)N(CCCCO)C3CC3)c2)o1. The van der Waals surface area contributed by atoms with Gasteiger partial charge >= 0.3 is 6.03 Å². The van der Waals surface area contributed by atoms with E-state index in [9.17, 15) is 4.79 Å². The van der Waals surface area contributed by atoms with Crippen LogP contribution >= 0.6 is 0 Å². The molecule has 6 nitrogen and oxygen atoms in total. The summed E-state index contributed by atoms with van der Waals surface area (Å²) in [5, 5.41) is 11.9. The van der Waals surface area contributed by atoms with E-state index in [-0.39, 0.29) is 12.6 Å². The number of aryl methyl sites for hydroxylation is 1. The highest BCUT2D eigenvalue weighted by Gasteiger charge is 2.32. The molecule has 1 aromatic heterocycles. The lowest BCUT2D eigenvalue weighted by Gasteiger charge is -2.22. The first kappa shape index (κ1) is 16.5. The number of oxazole rings is 1. The Morgan fingerprint density at radius 1 is 1.42 bits per heavy atom. The molecule has 0 unspecified atom stereocenters. The van der Waals surface area contributed by atoms with E-state index in [1.807, 2.05) is 36.1 Å². The van der Waals surface area contributed by atoms with Crippen LogP contribution in [-0.2, 0) is 0 Å². The number of hydrogen-bond donors (Lipinski definition) is 2. The molecule has 0 atom stereocenters. The van der Waals surface area contributed by atoms with Crippen molar-refractivity contribution in [2.75, 3.05) is 18.5 Å². The Morgan fingerprint density at radius 2 is 2.25 bits per heavy atom. The monoisotopic (exact) mass is 329 g/mol. The minimum Gasteiger partial charge on any atom is -0.441 e. The van der Waals surface area contributed by atoms with Crippen molar-refractivity contribution in [3.05, 3.63) is 36.2 Å². The van der Waals surface area contributed by atoms with Gasteiger partial charge in [0.1, 0.15) is 5.76 Å². The van der Waals surface area contributed by atoms with E-state index < -0.39 is 0 Å². The fourth-order valence-corrected chi connectivity index (χ4v) is 2.64. The van der Waals surface area contributed by atoms with Gasteiger partial charge in [-0.3, -0.25) is 0 Å². The Bertz CT molecular complexity index is 694. The lowest BCUT2D eigenvalue weighted by Crippen LogP contribution is -2.37. The summed E-state index contributed by atoms with van der Waals surface area (Å²) >= 11 is 0. The molecule has 128 valence electrons. The molecule has 2 amide bonds. The van der Waals surface area contributed by atoms with Crippen LogP contribution in [0.4, 0.5) is 10.5 Å². The van der Waals surface area contributed by atoms with Crippen LogP contribution in [0.1, 0.15) is 31.4 Å². The maximum atomic E-state index is 12.6. The number of rotatable bonds is 7. The number of aliphatic hydroxyl groups excluding tert-OH is 1. The van der Waals surface area contributed by atoms with Crippen LogP contribution in [0.5, 0.6) is 0 Å². The third-order valence-electron chi connectivity index (χ3n) is 4.04. The molecule has 6 heteroatoms. The lowest BCUT2D eigenvalue weighted by atomic mass is 10.2. The van der Waals surface area contributed by atoms with E-state index in [1.54, 1.807) is 6.20 Å². The predicted octanol–water partition coefficient (Wildman–Crippen LogP) is 3.42. The fourth-order valence-electron chi connectivity index (χ4n) is 2.64. The molecule has 0 aliphatic heterocycles. The number of anilines is 1. The number of amides is 2. The van der Waals surface area contributed by atoms with Crippen LogP contribution in [0.3, 0.4) is 0 Å². The second-order valence-electron chi connectivity index (χ2n) is 6.14. The number of aliphatic hydroxyl groups is 1. The Hall–Kier alpha value is -2.34. The normalized spacial score (nSPS) is 13.8. The summed E-state index contributed by atoms with van der Waals surface area (Å²) < 4.78 is 5.53. The van der Waals surface area contributed by atoms with Crippen molar-refractivity contribution >= 4 is 11.7 Å². The molecular weight excluding hydrogens is 306 g/mol. The van der Waals surface area contributed by atoms with E-state index in [1.165, 1.54) is 0 Å². The van der Waals surface area contributed by atoms with Crippen LogP contribution in [-0.4, -0.2) is 40.2 Å². The first-order chi connectivity index (χ1) is 11.7. The number of aromatic nitrogens is 1. The molecule has 2 aromatic rings. The Kier molecular flexibility index (Phi) is 5.15. The van der Waals surface area contributed by atoms with E-state index in [0.29, 0.717) is 18.5 Å². The first-order valence-corrected chi connectivity index (χ1v) is 8.38. The van der Waals surface area contributed by atoms with Crippen molar-refractivity contribution in [3.63, 3.8) is 0 Å². The minimum absolute atomic E-state index is 0.0869. The fraction of sp³-hybridized carbons (Fsp3) is 0.444. The quantitative estimate of drug-likeness (QED) is 0.763. The molecule has 0 spiro atoms. The minimum atomic E-state index is -0.0869. The van der Waals surface area contributed by atoms with E-state index >= 15 is 0 Å². The van der Waals surface area contributed by atoms with Crippen LogP contribution < -0.4 is 5.32 Å². The third-order valence-corrected chi connectivity index (χ3v) is 4.04. The first-order valence-electron chi connectivity index (χ1n) is 8.38. The maximum Gasteiger partial charge on any atom is 0.322 e. The van der Waals surface area contributed by atoms with Crippen molar-refractivity contribution < 1.29 is 14.3 Å². The van der Waals surface area contributed by atoms with Gasteiger partial charge in [-0.25, -0.2) is 9.78 Å². The third kappa shape index (κ3) is 4.14. The van der Waals surface area contributed by atoms with Crippen molar-refractivity contribution in [1.82, 2.24) is 9.88 Å². The molecular formula is C18H23N3O3. The van der Waals surface area contributed by atoms with Crippen molar-refractivity contribution in [3.8, 4) is 11.5 Å². The van der Waals surface area contributed by atoms with E-state index in [2.05, 4.69) is 10.3 Å². The molecule has 0 bridgehead atoms. The average molecular weight is 329 g/mol. The molecule has 0 radical (unpaired) electrons. The van der Waals surface area contributed by atoms with Crippen LogP contribution in [0.25, 0.3) is 11.5 Å². The second kappa shape index (κ2) is 7.49. The summed E-state index contributed by atoms with van der Waals surface area (Å²) in [5.74, 6) is 1.30. The van der Waals surface area contributed by atoms with E-state index in [0.717, 1.165) is 42.7 Å². The van der Waals surface area contributed by atoms with Gasteiger partial charge < -0.3 is 19.7 Å². The summed E-state index contributed by atoms with van der Waals surface area (Å²) in [6.07, 6.45) is 5.33. The number of unbranched alkanes of at least 4 members (excludes halogenated alkanes) is 1. The Balaban J connectivity index is 1.67. The number of urea groups is 1. The molecule has 1 fully saturated rings. The van der Waals surface area contributed by atoms with Crippen LogP contribution in [0.2, 0.25) is 0 Å². The number of benzene rings is 1. The predicted molar refractivity (Wildman–Crippen MR) is 91.7 cm³/mol. The highest BCUT2D eigenvalue weighted by molar-refractivity contribution is 5.90. The number of hydrogen-bond acceptors (Lipinski definition) is 4. The standard InChI is InChI=1S/C18H23N3O3/c1-13-12-19-17(24-13)14-5-4-6-15(11-14)20-18(23)21(16-7-8-16)9-2-3-10-22/h4-6,11-12,16,22H,2-3,7-10H2,1H3,(H,20,23). The highest BCUT2D eigenvalue weighted by atomic mass is 16.4. The summed E-state index contributed by atoms with van der Waals surface area (Å²) in [6.45, 7) is 2.69. The van der Waals surface area contributed by atoms with Gasteiger partial charge in [0.2, 0.25) is 5.89 Å². The summed E-state index contributed by atoms with van der Waals surface area (Å²) in [5.41, 5.74) is 1.56. The number of nitrogens with zero attached hydrogens (tertiary/aromatic N) is 2. The maximum absolute atomic E-state index is 12.6. The summed E-state index contributed by atoms with van der Waals surface area (Å²) in [4.78, 5) is 18.6. The zero-order valence-electron chi connectivity index (χ0n) is 13.9. The topological polar surface area (TPSA) is 78.6 Å². The molecule has 1 aliphatic carbocycles. The largest absolute Gasteiger partial charge is 0.441 e. The second-order valence-corrected chi connectivity index (χ2v) is 6.14. The highest BCUT2D eigenvalue weighted by Crippen LogP contribution is 2.28. The average Bonchev–Trinajstić information content (AvgIpc) is 3.32. The molecule has 2 N–H and O–H groups in total. The van der Waals surface area contributed by atoms with Gasteiger partial charge in [-0.2, -0.15) is 0 Å². The van der Waals surface area contributed by atoms with Gasteiger partial charge in [0.05, 0.1) is 6.20 Å². The Morgan fingerprint density at radius 3 is 2.92 bits per heavy atom.